The molecule has 0 spiro atoms. The molecule has 3 heterocycles. The summed E-state index contributed by atoms with van der Waals surface area (Å²) >= 11 is 0. The molecule has 4 heteroatoms. The minimum absolute atomic E-state index is 0.0216. The first-order valence-electron chi connectivity index (χ1n) is 11.1. The van der Waals surface area contributed by atoms with Gasteiger partial charge < -0.3 is 9.84 Å². The highest BCUT2D eigenvalue weighted by Crippen LogP contribution is 2.74. The molecule has 3 saturated carbocycles. The van der Waals surface area contributed by atoms with Crippen LogP contribution in [0.1, 0.15) is 64.7 Å². The Morgan fingerprint density at radius 3 is 2.92 bits per heavy atom. The van der Waals surface area contributed by atoms with Crippen molar-refractivity contribution in [3.63, 3.8) is 0 Å². The van der Waals surface area contributed by atoms with Gasteiger partial charge in [0.1, 0.15) is 6.61 Å². The van der Waals surface area contributed by atoms with E-state index in [4.69, 9.17) is 4.74 Å². The summed E-state index contributed by atoms with van der Waals surface area (Å²) in [5.74, 6) is 2.89. The van der Waals surface area contributed by atoms with E-state index >= 15 is 0 Å². The average molecular weight is 360 g/mol. The molecule has 4 bridgehead atoms. The number of hydrogen-bond donors (Lipinski definition) is 1. The lowest BCUT2D eigenvalue weighted by molar-refractivity contribution is -0.274. The van der Waals surface area contributed by atoms with E-state index in [0.717, 1.165) is 50.1 Å². The van der Waals surface area contributed by atoms with Crippen LogP contribution in [0.3, 0.4) is 0 Å². The fourth-order valence-electron chi connectivity index (χ4n) is 9.47. The molecule has 1 N–H and O–H groups in total. The summed E-state index contributed by atoms with van der Waals surface area (Å²) in [4.78, 5) is 15.1. The third-order valence-corrected chi connectivity index (χ3v) is 10.2. The minimum atomic E-state index is -0.673. The van der Waals surface area contributed by atoms with Crippen LogP contribution in [0.15, 0.2) is 0 Å². The van der Waals surface area contributed by atoms with Gasteiger partial charge in [-0.1, -0.05) is 19.8 Å². The molecule has 0 amide bonds. The van der Waals surface area contributed by atoms with Crippen molar-refractivity contribution in [3.8, 4) is 0 Å². The number of cyclic esters (lactones) is 1. The molecule has 3 aliphatic carbocycles. The molecular formula is C22H33NO3. The highest BCUT2D eigenvalue weighted by Gasteiger charge is 2.77. The third-order valence-electron chi connectivity index (χ3n) is 10.2. The molecule has 6 fully saturated rings. The molecule has 0 radical (unpaired) electrons. The second-order valence-corrected chi connectivity index (χ2v) is 10.7. The fourth-order valence-corrected chi connectivity index (χ4v) is 9.47. The van der Waals surface area contributed by atoms with E-state index in [0.29, 0.717) is 25.0 Å². The Bertz CT molecular complexity index is 651. The molecular weight excluding hydrogens is 326 g/mol. The van der Waals surface area contributed by atoms with E-state index in [-0.39, 0.29) is 16.8 Å². The van der Waals surface area contributed by atoms with E-state index in [2.05, 4.69) is 11.8 Å². The summed E-state index contributed by atoms with van der Waals surface area (Å²) in [7, 11) is 0. The lowest BCUT2D eigenvalue weighted by Gasteiger charge is -2.70. The zero-order chi connectivity index (χ0) is 17.7. The van der Waals surface area contributed by atoms with Crippen molar-refractivity contribution in [2.24, 2.45) is 34.5 Å². The second-order valence-electron chi connectivity index (χ2n) is 10.7. The molecule has 144 valence electrons. The van der Waals surface area contributed by atoms with Crippen LogP contribution in [-0.4, -0.2) is 47.3 Å². The average Bonchev–Trinajstić information content (AvgIpc) is 3.16. The molecule has 0 aromatic rings. The van der Waals surface area contributed by atoms with E-state index in [9.17, 15) is 9.90 Å². The summed E-state index contributed by atoms with van der Waals surface area (Å²) in [6.45, 7) is 4.87. The molecule has 0 aromatic heterocycles. The molecule has 6 rings (SSSR count). The largest absolute Gasteiger partial charge is 0.465 e. The van der Waals surface area contributed by atoms with Gasteiger partial charge in [0.25, 0.3) is 0 Å². The first kappa shape index (κ1) is 16.4. The topological polar surface area (TPSA) is 49.8 Å². The van der Waals surface area contributed by atoms with E-state index in [1.165, 1.54) is 32.1 Å². The van der Waals surface area contributed by atoms with Crippen LogP contribution < -0.4 is 0 Å². The number of rotatable bonds is 0. The first-order valence-corrected chi connectivity index (χ1v) is 11.1. The van der Waals surface area contributed by atoms with Crippen LogP contribution in [0.25, 0.3) is 0 Å². The molecule has 3 saturated heterocycles. The molecule has 8 atom stereocenters. The minimum Gasteiger partial charge on any atom is -0.465 e. The number of carbonyl (C=O) groups is 1. The van der Waals surface area contributed by atoms with Gasteiger partial charge >= 0.3 is 5.97 Å². The van der Waals surface area contributed by atoms with Crippen LogP contribution in [0.4, 0.5) is 0 Å². The fraction of sp³-hybridized carbons (Fsp3) is 0.955. The third kappa shape index (κ3) is 1.65. The van der Waals surface area contributed by atoms with Crippen LogP contribution >= 0.6 is 0 Å². The lowest BCUT2D eigenvalue weighted by Crippen LogP contribution is -2.76. The van der Waals surface area contributed by atoms with Gasteiger partial charge in [0.2, 0.25) is 0 Å². The molecule has 1 unspecified atom stereocenters. The van der Waals surface area contributed by atoms with Gasteiger partial charge in [-0.3, -0.25) is 9.69 Å². The Balaban J connectivity index is 1.63. The number of fused-ring (bicyclic) bond motifs is 1. The number of hydrogen-bond acceptors (Lipinski definition) is 4. The van der Waals surface area contributed by atoms with E-state index in [1.807, 2.05) is 0 Å². The van der Waals surface area contributed by atoms with Gasteiger partial charge in [-0.15, -0.1) is 0 Å². The summed E-state index contributed by atoms with van der Waals surface area (Å²) in [6, 6.07) is 0.574. The molecule has 3 aliphatic heterocycles. The van der Waals surface area contributed by atoms with Gasteiger partial charge in [0, 0.05) is 36.4 Å². The van der Waals surface area contributed by atoms with Gasteiger partial charge in [-0.2, -0.15) is 0 Å². The maximum absolute atomic E-state index is 12.4. The van der Waals surface area contributed by atoms with Gasteiger partial charge in [-0.05, 0) is 62.2 Å². The highest BCUT2D eigenvalue weighted by atomic mass is 16.5. The van der Waals surface area contributed by atoms with E-state index < -0.39 is 5.60 Å². The number of aliphatic hydroxyl groups is 1. The zero-order valence-electron chi connectivity index (χ0n) is 16.1. The molecule has 26 heavy (non-hydrogen) atoms. The number of esters is 1. The number of ether oxygens (including phenoxy) is 1. The lowest BCUT2D eigenvalue weighted by atomic mass is 9.40. The van der Waals surface area contributed by atoms with Crippen molar-refractivity contribution in [1.82, 2.24) is 4.90 Å². The summed E-state index contributed by atoms with van der Waals surface area (Å²) < 4.78 is 5.85. The Kier molecular flexibility index (Phi) is 3.18. The number of nitrogens with zero attached hydrogens (tertiary/aromatic N) is 1. The van der Waals surface area contributed by atoms with Crippen LogP contribution in [0, 0.1) is 34.5 Å². The van der Waals surface area contributed by atoms with Crippen LogP contribution in [0.2, 0.25) is 0 Å². The summed E-state index contributed by atoms with van der Waals surface area (Å²) in [5.41, 5.74) is -0.775. The van der Waals surface area contributed by atoms with Gasteiger partial charge in [0.15, 0.2) is 0 Å². The van der Waals surface area contributed by atoms with Crippen molar-refractivity contribution >= 4 is 5.97 Å². The molecule has 0 aromatic carbocycles. The monoisotopic (exact) mass is 359 g/mol. The maximum Gasteiger partial charge on any atom is 0.305 e. The van der Waals surface area contributed by atoms with Crippen molar-refractivity contribution in [2.75, 3.05) is 19.7 Å². The smallest absolute Gasteiger partial charge is 0.305 e. The Morgan fingerprint density at radius 2 is 2.04 bits per heavy atom. The highest BCUT2D eigenvalue weighted by molar-refractivity contribution is 5.70. The maximum atomic E-state index is 12.4. The van der Waals surface area contributed by atoms with Crippen molar-refractivity contribution in [1.29, 1.82) is 0 Å². The first-order chi connectivity index (χ1) is 12.5. The van der Waals surface area contributed by atoms with Crippen molar-refractivity contribution < 1.29 is 14.6 Å². The molecule has 4 nitrogen and oxygen atoms in total. The van der Waals surface area contributed by atoms with Crippen molar-refractivity contribution in [2.45, 2.75) is 76.4 Å². The predicted octanol–water partition coefficient (Wildman–Crippen LogP) is 2.98. The standard InChI is InChI=1S/C22H33NO3/c1-14-11-23-12-21(25)9-5-15-3-2-4-17(15)22-10-7-18(24)26-13-20(21,22)8-6-16(14)19(22)23/h14-17,19,25H,2-13H2,1H3/t14?,15-,16+,17+,19-,20+,21-,22-/m0/s1. The Labute approximate surface area is 156 Å². The molecule has 6 aliphatic rings. The summed E-state index contributed by atoms with van der Waals surface area (Å²) in [6.07, 6.45) is 9.87. The quantitative estimate of drug-likeness (QED) is 0.676. The van der Waals surface area contributed by atoms with Crippen LogP contribution in [-0.2, 0) is 9.53 Å². The van der Waals surface area contributed by atoms with Gasteiger partial charge in [-0.25, -0.2) is 0 Å². The second kappa shape index (κ2) is 5.05. The SMILES string of the molecule is CC1CN2C[C@@]3(O)CC[C@@H]4CCC[C@H]4[C@]45CCC(=O)OC[C@]34CC[C@H]1[C@H]25. The zero-order valence-corrected chi connectivity index (χ0v) is 16.1. The number of piperidine rings is 1. The van der Waals surface area contributed by atoms with Crippen LogP contribution in [0.5, 0.6) is 0 Å². The Morgan fingerprint density at radius 1 is 1.15 bits per heavy atom. The normalized spacial score (nSPS) is 58.4. The summed E-state index contributed by atoms with van der Waals surface area (Å²) in [5, 5.41) is 12.2. The van der Waals surface area contributed by atoms with E-state index in [1.54, 1.807) is 0 Å². The Hall–Kier alpha value is -0.610. The van der Waals surface area contributed by atoms with Gasteiger partial charge in [0.05, 0.1) is 5.60 Å². The number of carbonyl (C=O) groups excluding carboxylic acids is 1. The predicted molar refractivity (Wildman–Crippen MR) is 97.3 cm³/mol. The van der Waals surface area contributed by atoms with Crippen molar-refractivity contribution in [3.05, 3.63) is 0 Å².